The van der Waals surface area contributed by atoms with Crippen molar-refractivity contribution in [2.45, 2.75) is 63.7 Å². The largest absolute Gasteiger partial charge is 0.309 e. The minimum atomic E-state index is -3.05. The second kappa shape index (κ2) is 6.31. The molecular weight excluding hydrogens is 282 g/mol. The van der Waals surface area contributed by atoms with Gasteiger partial charge < -0.3 is 5.32 Å². The zero-order valence-corrected chi connectivity index (χ0v) is 14.2. The van der Waals surface area contributed by atoms with Crippen molar-refractivity contribution in [1.29, 1.82) is 0 Å². The minimum Gasteiger partial charge on any atom is -0.309 e. The molecule has 0 saturated heterocycles. The number of alkyl halides is 1. The maximum absolute atomic E-state index is 12.1. The van der Waals surface area contributed by atoms with Crippen molar-refractivity contribution in [3.05, 3.63) is 0 Å². The van der Waals surface area contributed by atoms with Crippen LogP contribution in [0.2, 0.25) is 0 Å². The maximum atomic E-state index is 12.1. The molecule has 0 aromatic heterocycles. The zero-order chi connectivity index (χ0) is 14.7. The quantitative estimate of drug-likeness (QED) is 0.794. The van der Waals surface area contributed by atoms with Crippen LogP contribution in [-0.4, -0.2) is 36.9 Å². The Morgan fingerprint density at radius 1 is 1.37 bits per heavy atom. The molecule has 0 aromatic carbocycles. The van der Waals surface area contributed by atoms with Crippen LogP contribution in [0.15, 0.2) is 0 Å². The van der Waals surface area contributed by atoms with Crippen LogP contribution < -0.4 is 5.32 Å². The molecule has 0 radical (unpaired) electrons. The Labute approximate surface area is 123 Å². The fourth-order valence-electron chi connectivity index (χ4n) is 2.75. The lowest BCUT2D eigenvalue weighted by molar-refractivity contribution is 0.213. The normalized spacial score (nSPS) is 29.4. The molecule has 1 fully saturated rings. The van der Waals surface area contributed by atoms with E-state index in [0.29, 0.717) is 18.3 Å². The highest BCUT2D eigenvalue weighted by Crippen LogP contribution is 2.33. The summed E-state index contributed by atoms with van der Waals surface area (Å²) >= 11 is 6.13. The first-order valence-electron chi connectivity index (χ1n) is 7.15. The molecule has 0 aliphatic heterocycles. The van der Waals surface area contributed by atoms with Crippen molar-refractivity contribution in [3.8, 4) is 0 Å². The Hall–Kier alpha value is 0.200. The van der Waals surface area contributed by atoms with E-state index in [9.17, 15) is 8.42 Å². The second-order valence-electron chi connectivity index (χ2n) is 6.97. The van der Waals surface area contributed by atoms with Crippen molar-refractivity contribution in [2.24, 2.45) is 5.92 Å². The van der Waals surface area contributed by atoms with Crippen LogP contribution in [0.5, 0.6) is 0 Å². The van der Waals surface area contributed by atoms with Crippen molar-refractivity contribution in [3.63, 3.8) is 0 Å². The molecule has 1 rings (SSSR count). The first-order valence-corrected chi connectivity index (χ1v) is 9.34. The van der Waals surface area contributed by atoms with Gasteiger partial charge in [-0.15, -0.1) is 11.6 Å². The van der Waals surface area contributed by atoms with Gasteiger partial charge in [0.05, 0.1) is 10.5 Å². The molecule has 5 heteroatoms. The maximum Gasteiger partial charge on any atom is 0.156 e. The summed E-state index contributed by atoms with van der Waals surface area (Å²) in [5.41, 5.74) is -0.0629. The number of sulfone groups is 1. The first kappa shape index (κ1) is 17.3. The third kappa shape index (κ3) is 4.61. The van der Waals surface area contributed by atoms with E-state index in [-0.39, 0.29) is 11.3 Å². The Morgan fingerprint density at radius 2 is 2.00 bits per heavy atom. The summed E-state index contributed by atoms with van der Waals surface area (Å²) in [7, 11) is -3.05. The van der Waals surface area contributed by atoms with Gasteiger partial charge in [0.2, 0.25) is 0 Å². The molecule has 1 aliphatic rings. The van der Waals surface area contributed by atoms with Crippen LogP contribution in [0.4, 0.5) is 0 Å². The lowest BCUT2D eigenvalue weighted by Crippen LogP contribution is -2.52. The van der Waals surface area contributed by atoms with E-state index >= 15 is 0 Å². The topological polar surface area (TPSA) is 46.2 Å². The molecule has 3 nitrogen and oxygen atoms in total. The van der Waals surface area contributed by atoms with E-state index < -0.39 is 14.6 Å². The van der Waals surface area contributed by atoms with E-state index in [4.69, 9.17) is 11.6 Å². The average Bonchev–Trinajstić information content (AvgIpc) is 2.27. The highest BCUT2D eigenvalue weighted by Gasteiger charge is 2.35. The van der Waals surface area contributed by atoms with Gasteiger partial charge >= 0.3 is 0 Å². The molecule has 1 aliphatic carbocycles. The number of halogens is 1. The van der Waals surface area contributed by atoms with Crippen molar-refractivity contribution in [2.75, 3.05) is 18.2 Å². The highest BCUT2D eigenvalue weighted by molar-refractivity contribution is 7.92. The van der Waals surface area contributed by atoms with Gasteiger partial charge in [-0.1, -0.05) is 19.8 Å². The smallest absolute Gasteiger partial charge is 0.156 e. The van der Waals surface area contributed by atoms with Gasteiger partial charge in [-0.05, 0) is 39.5 Å². The van der Waals surface area contributed by atoms with Gasteiger partial charge in [-0.2, -0.15) is 0 Å². The van der Waals surface area contributed by atoms with Gasteiger partial charge in [-0.25, -0.2) is 8.42 Å². The van der Waals surface area contributed by atoms with E-state index in [1.54, 1.807) is 20.8 Å². The standard InChI is InChI=1S/C14H28ClNO2S/c1-12-6-5-7-14(10-12,11-15)16-8-9-19(17,18)13(2,3)4/h12,16H,5-11H2,1-4H3. The van der Waals surface area contributed by atoms with Crippen LogP contribution in [0, 0.1) is 5.92 Å². The summed E-state index contributed by atoms with van der Waals surface area (Å²) < 4.78 is 23.5. The molecule has 0 bridgehead atoms. The molecule has 1 saturated carbocycles. The SMILES string of the molecule is CC1CCCC(CCl)(NCCS(=O)(=O)C(C)(C)C)C1. The Morgan fingerprint density at radius 3 is 2.47 bits per heavy atom. The van der Waals surface area contributed by atoms with Crippen LogP contribution >= 0.6 is 11.6 Å². The first-order chi connectivity index (χ1) is 8.62. The molecule has 1 N–H and O–H groups in total. The molecule has 0 aromatic rings. The molecule has 2 unspecified atom stereocenters. The highest BCUT2D eigenvalue weighted by atomic mass is 35.5. The molecular formula is C14H28ClNO2S. The monoisotopic (exact) mass is 309 g/mol. The fraction of sp³-hybridized carbons (Fsp3) is 1.00. The molecule has 2 atom stereocenters. The number of hydrogen-bond acceptors (Lipinski definition) is 3. The van der Waals surface area contributed by atoms with Crippen LogP contribution in [-0.2, 0) is 9.84 Å². The Kier molecular flexibility index (Phi) is 5.73. The number of nitrogens with one attached hydrogen (secondary N) is 1. The third-order valence-electron chi connectivity index (χ3n) is 4.15. The summed E-state index contributed by atoms with van der Waals surface area (Å²) in [5.74, 6) is 1.41. The van der Waals surface area contributed by atoms with Gasteiger partial charge in [0, 0.05) is 18.0 Å². The van der Waals surface area contributed by atoms with E-state index in [2.05, 4.69) is 12.2 Å². The minimum absolute atomic E-state index is 0.0629. The van der Waals surface area contributed by atoms with Gasteiger partial charge in [0.1, 0.15) is 0 Å². The lowest BCUT2D eigenvalue weighted by Gasteiger charge is -2.39. The Balaban J connectivity index is 2.56. The summed E-state index contributed by atoms with van der Waals surface area (Å²) in [6.45, 7) is 8.00. The van der Waals surface area contributed by atoms with Crippen molar-refractivity contribution < 1.29 is 8.42 Å². The van der Waals surface area contributed by atoms with Crippen LogP contribution in [0.1, 0.15) is 53.4 Å². The fourth-order valence-corrected chi connectivity index (χ4v) is 4.07. The molecule has 114 valence electrons. The van der Waals surface area contributed by atoms with Crippen molar-refractivity contribution >= 4 is 21.4 Å². The van der Waals surface area contributed by atoms with Gasteiger partial charge in [0.25, 0.3) is 0 Å². The molecule has 19 heavy (non-hydrogen) atoms. The number of hydrogen-bond donors (Lipinski definition) is 1. The summed E-state index contributed by atoms with van der Waals surface area (Å²) in [4.78, 5) is 0. The summed E-state index contributed by atoms with van der Waals surface area (Å²) in [5, 5.41) is 3.43. The van der Waals surface area contributed by atoms with E-state index in [1.165, 1.54) is 12.8 Å². The Bertz CT molecular complexity index is 389. The van der Waals surface area contributed by atoms with Gasteiger partial charge in [-0.3, -0.25) is 0 Å². The van der Waals surface area contributed by atoms with E-state index in [1.807, 2.05) is 0 Å². The van der Waals surface area contributed by atoms with Crippen molar-refractivity contribution in [1.82, 2.24) is 5.32 Å². The molecule has 0 spiro atoms. The average molecular weight is 310 g/mol. The zero-order valence-electron chi connectivity index (χ0n) is 12.6. The van der Waals surface area contributed by atoms with Crippen LogP contribution in [0.25, 0.3) is 0 Å². The molecule has 0 amide bonds. The van der Waals surface area contributed by atoms with Crippen LogP contribution in [0.3, 0.4) is 0 Å². The second-order valence-corrected chi connectivity index (χ2v) is 10.1. The lowest BCUT2D eigenvalue weighted by atomic mass is 9.77. The predicted molar refractivity (Wildman–Crippen MR) is 82.6 cm³/mol. The molecule has 0 heterocycles. The van der Waals surface area contributed by atoms with E-state index in [0.717, 1.165) is 12.8 Å². The predicted octanol–water partition coefficient (Wildman–Crippen LogP) is 2.98. The summed E-state index contributed by atoms with van der Waals surface area (Å²) in [6, 6.07) is 0. The number of rotatable bonds is 5. The third-order valence-corrected chi connectivity index (χ3v) is 7.27. The summed E-state index contributed by atoms with van der Waals surface area (Å²) in [6.07, 6.45) is 4.52. The van der Waals surface area contributed by atoms with Gasteiger partial charge in [0.15, 0.2) is 9.84 Å².